The monoisotopic (exact) mass is 332 g/mol. The molecular weight excluding hydrogens is 324 g/mol. The normalized spacial score (nSPS) is 11.4. The molecular formula is C14H9BrN2O3. The van der Waals surface area contributed by atoms with Crippen LogP contribution in [0.3, 0.4) is 0 Å². The van der Waals surface area contributed by atoms with Gasteiger partial charge in [-0.25, -0.2) is 0 Å². The zero-order valence-electron chi connectivity index (χ0n) is 10.2. The van der Waals surface area contributed by atoms with Crippen LogP contribution in [-0.4, -0.2) is 11.7 Å². The van der Waals surface area contributed by atoms with Crippen LogP contribution in [0, 0.1) is 17.2 Å². The van der Waals surface area contributed by atoms with Gasteiger partial charge in [-0.2, -0.15) is 5.26 Å². The standard InChI is InChI=1S/C14H9BrN2O3/c15-12-6-9(8-20-12)13(18)11(7-16)14(19)17-10-4-2-1-3-5-10/h1-6,8,11H,(H,17,19)/t11-/m1/s1. The van der Waals surface area contributed by atoms with E-state index in [1.807, 2.05) is 0 Å². The summed E-state index contributed by atoms with van der Waals surface area (Å²) >= 11 is 3.06. The summed E-state index contributed by atoms with van der Waals surface area (Å²) in [5.41, 5.74) is 0.700. The number of benzene rings is 1. The largest absolute Gasteiger partial charge is 0.457 e. The Bertz CT molecular complexity index is 673. The first-order valence-corrected chi connectivity index (χ1v) is 6.45. The van der Waals surface area contributed by atoms with Crippen molar-refractivity contribution in [2.75, 3.05) is 5.32 Å². The summed E-state index contributed by atoms with van der Waals surface area (Å²) in [6, 6.07) is 11.8. The lowest BCUT2D eigenvalue weighted by Crippen LogP contribution is -2.28. The highest BCUT2D eigenvalue weighted by molar-refractivity contribution is 9.10. The number of Topliss-reactive ketones (excluding diaryl/α,β-unsaturated/α-hetero) is 1. The molecule has 0 aliphatic heterocycles. The molecule has 0 saturated heterocycles. The third-order valence-corrected chi connectivity index (χ3v) is 2.96. The van der Waals surface area contributed by atoms with Crippen LogP contribution in [0.15, 0.2) is 51.7 Å². The minimum absolute atomic E-state index is 0.173. The number of rotatable bonds is 4. The van der Waals surface area contributed by atoms with Crippen molar-refractivity contribution in [1.29, 1.82) is 5.26 Å². The van der Waals surface area contributed by atoms with E-state index in [0.29, 0.717) is 10.4 Å². The number of nitrogens with zero attached hydrogens (tertiary/aromatic N) is 1. The molecule has 0 radical (unpaired) electrons. The highest BCUT2D eigenvalue weighted by Gasteiger charge is 2.28. The molecule has 0 aliphatic carbocycles. The van der Waals surface area contributed by atoms with Crippen molar-refractivity contribution in [2.45, 2.75) is 0 Å². The molecule has 2 rings (SSSR count). The fraction of sp³-hybridized carbons (Fsp3) is 0.0714. The van der Waals surface area contributed by atoms with Gasteiger partial charge in [-0.3, -0.25) is 9.59 Å². The fourth-order valence-electron chi connectivity index (χ4n) is 1.58. The highest BCUT2D eigenvalue weighted by Crippen LogP contribution is 2.18. The maximum absolute atomic E-state index is 12.1. The molecule has 1 aromatic heterocycles. The van der Waals surface area contributed by atoms with Gasteiger partial charge in [-0.1, -0.05) is 18.2 Å². The lowest BCUT2D eigenvalue weighted by atomic mass is 10.0. The zero-order valence-corrected chi connectivity index (χ0v) is 11.8. The summed E-state index contributed by atoms with van der Waals surface area (Å²) in [5.74, 6) is -2.68. The SMILES string of the molecule is N#C[C@@H](C(=O)Nc1ccccc1)C(=O)c1coc(Br)c1. The van der Waals surface area contributed by atoms with E-state index in [4.69, 9.17) is 9.68 Å². The van der Waals surface area contributed by atoms with Crippen LogP contribution in [0.1, 0.15) is 10.4 Å². The van der Waals surface area contributed by atoms with Crippen molar-refractivity contribution in [3.05, 3.63) is 52.9 Å². The molecule has 2 aromatic rings. The molecule has 20 heavy (non-hydrogen) atoms. The molecule has 1 heterocycles. The third-order valence-electron chi connectivity index (χ3n) is 2.55. The molecule has 100 valence electrons. The molecule has 0 unspecified atom stereocenters. The van der Waals surface area contributed by atoms with E-state index in [-0.39, 0.29) is 5.56 Å². The number of para-hydroxylation sites is 1. The van der Waals surface area contributed by atoms with E-state index >= 15 is 0 Å². The first kappa shape index (κ1) is 14.0. The predicted octanol–water partition coefficient (Wildman–Crippen LogP) is 3.00. The molecule has 0 bridgehead atoms. The van der Waals surface area contributed by atoms with Gasteiger partial charge in [0.1, 0.15) is 6.26 Å². The van der Waals surface area contributed by atoms with Crippen molar-refractivity contribution < 1.29 is 14.0 Å². The van der Waals surface area contributed by atoms with E-state index in [1.54, 1.807) is 36.4 Å². The fourth-order valence-corrected chi connectivity index (χ4v) is 1.92. The number of furan rings is 1. The van der Waals surface area contributed by atoms with Crippen molar-refractivity contribution >= 4 is 33.3 Å². The lowest BCUT2D eigenvalue weighted by Gasteiger charge is -2.08. The lowest BCUT2D eigenvalue weighted by molar-refractivity contribution is -0.117. The van der Waals surface area contributed by atoms with Crippen molar-refractivity contribution in [3.63, 3.8) is 0 Å². The third kappa shape index (κ3) is 3.13. The topological polar surface area (TPSA) is 83.1 Å². The number of carbonyl (C=O) groups excluding carboxylic acids is 2. The Balaban J connectivity index is 2.14. The Morgan fingerprint density at radius 3 is 2.55 bits per heavy atom. The van der Waals surface area contributed by atoms with Crippen molar-refractivity contribution in [1.82, 2.24) is 0 Å². The Labute approximate surface area is 123 Å². The smallest absolute Gasteiger partial charge is 0.249 e. The van der Waals surface area contributed by atoms with E-state index < -0.39 is 17.6 Å². The van der Waals surface area contributed by atoms with E-state index in [1.165, 1.54) is 12.3 Å². The molecule has 1 atom stereocenters. The number of hydrogen-bond acceptors (Lipinski definition) is 4. The van der Waals surface area contributed by atoms with Crippen LogP contribution in [0.5, 0.6) is 0 Å². The molecule has 1 N–H and O–H groups in total. The van der Waals surface area contributed by atoms with Gasteiger partial charge in [0.05, 0.1) is 11.6 Å². The van der Waals surface area contributed by atoms with Crippen LogP contribution in [-0.2, 0) is 4.79 Å². The van der Waals surface area contributed by atoms with Gasteiger partial charge in [0, 0.05) is 11.8 Å². The number of carbonyl (C=O) groups is 2. The summed E-state index contributed by atoms with van der Waals surface area (Å²) in [4.78, 5) is 24.0. The quantitative estimate of drug-likeness (QED) is 0.689. The maximum atomic E-state index is 12.1. The number of hydrogen-bond donors (Lipinski definition) is 1. The van der Waals surface area contributed by atoms with Crippen LogP contribution in [0.4, 0.5) is 5.69 Å². The average Bonchev–Trinajstić information content (AvgIpc) is 2.87. The zero-order chi connectivity index (χ0) is 14.5. The van der Waals surface area contributed by atoms with Crippen molar-refractivity contribution in [2.24, 2.45) is 5.92 Å². The number of nitriles is 1. The van der Waals surface area contributed by atoms with Gasteiger partial charge >= 0.3 is 0 Å². The summed E-state index contributed by atoms with van der Waals surface area (Å²) in [7, 11) is 0. The highest BCUT2D eigenvalue weighted by atomic mass is 79.9. The number of anilines is 1. The number of nitrogens with one attached hydrogen (secondary N) is 1. The van der Waals surface area contributed by atoms with Gasteiger partial charge < -0.3 is 9.73 Å². The molecule has 0 fully saturated rings. The summed E-state index contributed by atoms with van der Waals surface area (Å²) in [6.45, 7) is 0. The summed E-state index contributed by atoms with van der Waals surface area (Å²) in [5, 5.41) is 11.6. The minimum Gasteiger partial charge on any atom is -0.457 e. The molecule has 5 nitrogen and oxygen atoms in total. The van der Waals surface area contributed by atoms with Crippen LogP contribution >= 0.6 is 15.9 Å². The van der Waals surface area contributed by atoms with Crippen LogP contribution < -0.4 is 5.32 Å². The molecule has 6 heteroatoms. The molecule has 0 spiro atoms. The van der Waals surface area contributed by atoms with Gasteiger partial charge in [-0.15, -0.1) is 0 Å². The molecule has 0 aliphatic rings. The van der Waals surface area contributed by atoms with Gasteiger partial charge in [-0.05, 0) is 28.1 Å². The second-order valence-electron chi connectivity index (χ2n) is 3.92. The second-order valence-corrected chi connectivity index (χ2v) is 4.70. The number of halogens is 1. The van der Waals surface area contributed by atoms with Gasteiger partial charge in [0.25, 0.3) is 0 Å². The summed E-state index contributed by atoms with van der Waals surface area (Å²) < 4.78 is 5.30. The first-order chi connectivity index (χ1) is 9.61. The summed E-state index contributed by atoms with van der Waals surface area (Å²) in [6.07, 6.45) is 1.20. The van der Waals surface area contributed by atoms with Gasteiger partial charge in [0.2, 0.25) is 5.91 Å². The number of amides is 1. The Kier molecular flexibility index (Phi) is 4.33. The Hall–Kier alpha value is -2.39. The molecule has 1 amide bonds. The van der Waals surface area contributed by atoms with E-state index in [9.17, 15) is 9.59 Å². The Morgan fingerprint density at radius 1 is 1.30 bits per heavy atom. The van der Waals surface area contributed by atoms with E-state index in [0.717, 1.165) is 0 Å². The minimum atomic E-state index is -1.42. The first-order valence-electron chi connectivity index (χ1n) is 5.65. The maximum Gasteiger partial charge on any atom is 0.249 e. The Morgan fingerprint density at radius 2 is 2.00 bits per heavy atom. The van der Waals surface area contributed by atoms with Gasteiger partial charge in [0.15, 0.2) is 16.4 Å². The molecule has 1 aromatic carbocycles. The predicted molar refractivity (Wildman–Crippen MR) is 74.9 cm³/mol. The van der Waals surface area contributed by atoms with Crippen LogP contribution in [0.25, 0.3) is 0 Å². The van der Waals surface area contributed by atoms with Crippen LogP contribution in [0.2, 0.25) is 0 Å². The second kappa shape index (κ2) is 6.17. The number of ketones is 1. The van der Waals surface area contributed by atoms with E-state index in [2.05, 4.69) is 21.2 Å². The van der Waals surface area contributed by atoms with Crippen molar-refractivity contribution in [3.8, 4) is 6.07 Å². The molecule has 0 saturated carbocycles. The average molecular weight is 333 g/mol.